The van der Waals surface area contributed by atoms with Crippen molar-refractivity contribution in [2.24, 2.45) is 4.99 Å². The number of rotatable bonds is 4. The van der Waals surface area contributed by atoms with Crippen LogP contribution in [0.1, 0.15) is 11.5 Å². The van der Waals surface area contributed by atoms with E-state index in [9.17, 15) is 0 Å². The molecule has 0 saturated carbocycles. The van der Waals surface area contributed by atoms with E-state index in [4.69, 9.17) is 9.15 Å². The van der Waals surface area contributed by atoms with Crippen LogP contribution in [0, 0.1) is 0 Å². The summed E-state index contributed by atoms with van der Waals surface area (Å²) in [6, 6.07) is 13.7. The number of para-hydroxylation sites is 1. The molecule has 0 fully saturated rings. The predicted molar refractivity (Wildman–Crippen MR) is 78.4 cm³/mol. The lowest BCUT2D eigenvalue weighted by molar-refractivity contribution is 0.164. The second kappa shape index (κ2) is 5.67. The van der Waals surface area contributed by atoms with E-state index in [-0.39, 0.29) is 0 Å². The van der Waals surface area contributed by atoms with E-state index in [0.29, 0.717) is 12.4 Å². The van der Waals surface area contributed by atoms with E-state index in [1.54, 1.807) is 19.5 Å². The molecule has 0 radical (unpaired) electrons. The van der Waals surface area contributed by atoms with Crippen LogP contribution in [0.2, 0.25) is 0 Å². The van der Waals surface area contributed by atoms with Crippen molar-refractivity contribution in [3.63, 3.8) is 0 Å². The monoisotopic (exact) mass is 266 g/mol. The molecule has 0 spiro atoms. The highest BCUT2D eigenvalue weighted by molar-refractivity contribution is 5.83. The fourth-order valence-electron chi connectivity index (χ4n) is 1.95. The van der Waals surface area contributed by atoms with Gasteiger partial charge in [-0.05, 0) is 24.3 Å². The quantitative estimate of drug-likeness (QED) is 0.676. The zero-order valence-electron chi connectivity index (χ0n) is 11.1. The van der Waals surface area contributed by atoms with Gasteiger partial charge in [0.1, 0.15) is 18.1 Å². The minimum absolute atomic E-state index is 0.464. The lowest BCUT2D eigenvalue weighted by Crippen LogP contribution is -1.82. The number of aliphatic imine (C=N–C) groups is 1. The average molecular weight is 266 g/mol. The molecule has 0 N–H and O–H groups in total. The lowest BCUT2D eigenvalue weighted by atomic mass is 10.2. The molecule has 3 aromatic rings. The molecule has 0 aliphatic rings. The summed E-state index contributed by atoms with van der Waals surface area (Å²) >= 11 is 0. The summed E-state index contributed by atoms with van der Waals surface area (Å²) in [4.78, 5) is 8.74. The number of aromatic nitrogens is 1. The van der Waals surface area contributed by atoms with Gasteiger partial charge in [0, 0.05) is 12.5 Å². The van der Waals surface area contributed by atoms with Gasteiger partial charge < -0.3 is 9.15 Å². The normalized spacial score (nSPS) is 11.4. The van der Waals surface area contributed by atoms with E-state index in [1.165, 1.54) is 0 Å². The first-order chi connectivity index (χ1) is 9.85. The molecule has 4 heteroatoms. The van der Waals surface area contributed by atoms with E-state index >= 15 is 0 Å². The molecule has 0 aliphatic carbocycles. The minimum atomic E-state index is 0.464. The van der Waals surface area contributed by atoms with Crippen LogP contribution in [0.15, 0.2) is 58.1 Å². The van der Waals surface area contributed by atoms with Gasteiger partial charge in [-0.15, -0.1) is 0 Å². The van der Waals surface area contributed by atoms with Crippen molar-refractivity contribution in [1.29, 1.82) is 0 Å². The Morgan fingerprint density at radius 2 is 2.15 bits per heavy atom. The van der Waals surface area contributed by atoms with Gasteiger partial charge in [0.05, 0.1) is 23.6 Å². The Morgan fingerprint density at radius 1 is 1.25 bits per heavy atom. The fourth-order valence-corrected chi connectivity index (χ4v) is 1.95. The van der Waals surface area contributed by atoms with Crippen LogP contribution < -0.4 is 0 Å². The number of pyridine rings is 1. The maximum atomic E-state index is 5.54. The summed E-state index contributed by atoms with van der Waals surface area (Å²) in [5.41, 5.74) is 1.76. The Morgan fingerprint density at radius 3 is 3.05 bits per heavy atom. The number of hydrogen-bond acceptors (Lipinski definition) is 4. The molecule has 1 aromatic carbocycles. The highest BCUT2D eigenvalue weighted by atomic mass is 16.5. The lowest BCUT2D eigenvalue weighted by Gasteiger charge is -1.97. The molecule has 100 valence electrons. The molecule has 0 amide bonds. The van der Waals surface area contributed by atoms with Gasteiger partial charge >= 0.3 is 0 Å². The Kier molecular flexibility index (Phi) is 3.56. The summed E-state index contributed by atoms with van der Waals surface area (Å²) in [6.45, 7) is 0.464. The number of ether oxygens (including phenoxy) is 1. The molecule has 4 nitrogen and oxygen atoms in total. The molecule has 2 heterocycles. The van der Waals surface area contributed by atoms with Crippen molar-refractivity contribution >= 4 is 22.8 Å². The second-order valence-electron chi connectivity index (χ2n) is 4.38. The van der Waals surface area contributed by atoms with Crippen LogP contribution in [0.3, 0.4) is 0 Å². The van der Waals surface area contributed by atoms with Gasteiger partial charge in [0.15, 0.2) is 0 Å². The van der Waals surface area contributed by atoms with Gasteiger partial charge in [0.25, 0.3) is 0 Å². The zero-order valence-corrected chi connectivity index (χ0v) is 11.1. The third-order valence-electron chi connectivity index (χ3n) is 2.89. The van der Waals surface area contributed by atoms with Crippen molar-refractivity contribution in [1.82, 2.24) is 4.98 Å². The van der Waals surface area contributed by atoms with Crippen molar-refractivity contribution in [2.45, 2.75) is 6.61 Å². The Bertz CT molecular complexity index is 747. The number of methoxy groups -OCH3 is 1. The number of fused-ring (bicyclic) bond motifs is 1. The summed E-state index contributed by atoms with van der Waals surface area (Å²) < 4.78 is 10.5. The van der Waals surface area contributed by atoms with Gasteiger partial charge in [-0.3, -0.25) is 9.98 Å². The highest BCUT2D eigenvalue weighted by Crippen LogP contribution is 2.18. The van der Waals surface area contributed by atoms with Crippen molar-refractivity contribution in [2.75, 3.05) is 7.11 Å². The summed E-state index contributed by atoms with van der Waals surface area (Å²) in [7, 11) is 1.64. The zero-order chi connectivity index (χ0) is 13.8. The first kappa shape index (κ1) is 12.6. The standard InChI is InChI=1S/C16H14N2O2/c1-19-11-15-7-6-14(20-15)10-17-13-8-12-4-2-3-5-16(12)18-9-13/h2-10H,11H2,1H3. The van der Waals surface area contributed by atoms with E-state index in [2.05, 4.69) is 9.98 Å². The molecular weight excluding hydrogens is 252 g/mol. The van der Waals surface area contributed by atoms with Crippen molar-refractivity contribution in [3.8, 4) is 0 Å². The molecule has 20 heavy (non-hydrogen) atoms. The number of benzene rings is 1. The van der Waals surface area contributed by atoms with Gasteiger partial charge in [-0.1, -0.05) is 18.2 Å². The molecule has 0 unspecified atom stereocenters. The van der Waals surface area contributed by atoms with Crippen molar-refractivity contribution < 1.29 is 9.15 Å². The third-order valence-corrected chi connectivity index (χ3v) is 2.89. The predicted octanol–water partition coefficient (Wildman–Crippen LogP) is 3.72. The summed E-state index contributed by atoms with van der Waals surface area (Å²) in [5.74, 6) is 1.48. The highest BCUT2D eigenvalue weighted by Gasteiger charge is 1.99. The molecule has 2 aromatic heterocycles. The Hall–Kier alpha value is -2.46. The molecular formula is C16H14N2O2. The topological polar surface area (TPSA) is 47.6 Å². The largest absolute Gasteiger partial charge is 0.458 e. The average Bonchev–Trinajstić information content (AvgIpc) is 2.93. The number of nitrogens with zero attached hydrogens (tertiary/aromatic N) is 2. The summed E-state index contributed by atoms with van der Waals surface area (Å²) in [6.07, 6.45) is 3.43. The Labute approximate surface area is 116 Å². The van der Waals surface area contributed by atoms with Crippen LogP contribution in [0.5, 0.6) is 0 Å². The molecule has 0 bridgehead atoms. The molecule has 0 atom stereocenters. The van der Waals surface area contributed by atoms with E-state index in [0.717, 1.165) is 22.4 Å². The smallest absolute Gasteiger partial charge is 0.145 e. The van der Waals surface area contributed by atoms with Crippen LogP contribution in [-0.2, 0) is 11.3 Å². The van der Waals surface area contributed by atoms with Gasteiger partial charge in [-0.25, -0.2) is 0 Å². The Balaban J connectivity index is 1.82. The van der Waals surface area contributed by atoms with Crippen LogP contribution in [0.4, 0.5) is 5.69 Å². The van der Waals surface area contributed by atoms with Crippen molar-refractivity contribution in [3.05, 3.63) is 60.2 Å². The first-order valence-corrected chi connectivity index (χ1v) is 6.32. The molecule has 3 rings (SSSR count). The summed E-state index contributed by atoms with van der Waals surface area (Å²) in [5, 5.41) is 1.07. The SMILES string of the molecule is COCc1ccc(C=Nc2cnc3ccccc3c2)o1. The molecule has 0 saturated heterocycles. The molecule has 0 aliphatic heterocycles. The maximum absolute atomic E-state index is 5.54. The van der Waals surface area contributed by atoms with Crippen LogP contribution in [-0.4, -0.2) is 18.3 Å². The number of furan rings is 1. The second-order valence-corrected chi connectivity index (χ2v) is 4.38. The number of hydrogen-bond donors (Lipinski definition) is 0. The van der Waals surface area contributed by atoms with E-state index in [1.807, 2.05) is 42.5 Å². The van der Waals surface area contributed by atoms with Gasteiger partial charge in [0.2, 0.25) is 0 Å². The fraction of sp³-hybridized carbons (Fsp3) is 0.125. The first-order valence-electron chi connectivity index (χ1n) is 6.32. The maximum Gasteiger partial charge on any atom is 0.145 e. The van der Waals surface area contributed by atoms with E-state index < -0.39 is 0 Å². The van der Waals surface area contributed by atoms with Gasteiger partial charge in [-0.2, -0.15) is 0 Å². The minimum Gasteiger partial charge on any atom is -0.458 e. The van der Waals surface area contributed by atoms with Crippen LogP contribution in [0.25, 0.3) is 10.9 Å². The van der Waals surface area contributed by atoms with Crippen LogP contribution >= 0.6 is 0 Å². The third kappa shape index (κ3) is 2.75.